The van der Waals surface area contributed by atoms with Crippen LogP contribution in [0, 0.1) is 40.4 Å². The fourth-order valence-electron chi connectivity index (χ4n) is 7.87. The molecule has 4 aliphatic rings. The summed E-state index contributed by atoms with van der Waals surface area (Å²) >= 11 is 0. The summed E-state index contributed by atoms with van der Waals surface area (Å²) in [6, 6.07) is 0. The number of carbonyl (C=O) groups is 3. The van der Waals surface area contributed by atoms with Crippen LogP contribution in [0.5, 0.6) is 0 Å². The molecular weight excluding hydrogens is 380 g/mol. The highest BCUT2D eigenvalue weighted by Crippen LogP contribution is 2.67. The maximum Gasteiger partial charge on any atom is 0.303 e. The average Bonchev–Trinajstić information content (AvgIpc) is 2.99. The molecule has 0 unspecified atom stereocenters. The van der Waals surface area contributed by atoms with Gasteiger partial charge in [-0.15, -0.1) is 0 Å². The van der Waals surface area contributed by atoms with Crippen molar-refractivity contribution in [2.24, 2.45) is 40.4 Å². The molecule has 0 aromatic rings. The fourth-order valence-corrected chi connectivity index (χ4v) is 7.87. The van der Waals surface area contributed by atoms with E-state index in [1.165, 1.54) is 6.92 Å². The Labute approximate surface area is 178 Å². The van der Waals surface area contributed by atoms with Crippen molar-refractivity contribution in [3.05, 3.63) is 23.8 Å². The average molecular weight is 415 g/mol. The Bertz CT molecular complexity index is 825. The Kier molecular flexibility index (Phi) is 5.22. The van der Waals surface area contributed by atoms with E-state index in [2.05, 4.69) is 26.8 Å². The second-order valence-electron chi connectivity index (χ2n) is 10.6. The number of rotatable bonds is 4. The van der Waals surface area contributed by atoms with Crippen LogP contribution in [0.3, 0.4) is 0 Å². The van der Waals surface area contributed by atoms with E-state index in [9.17, 15) is 19.5 Å². The van der Waals surface area contributed by atoms with E-state index in [0.717, 1.165) is 31.3 Å². The quantitative estimate of drug-likeness (QED) is 0.682. The lowest BCUT2D eigenvalue weighted by atomic mass is 9.46. The first-order chi connectivity index (χ1) is 14.1. The number of hydrogen-bond donors (Lipinski definition) is 1. The van der Waals surface area contributed by atoms with Crippen molar-refractivity contribution < 1.29 is 24.2 Å². The SMILES string of the molecule is CC(=O)O[C@@H]1CC2=CC(=O)C=C[C@]2(C)[C@H]2CC[C@]3(C)[C@@H]([C@H](C)CC(=O)O)CC[C@H]3[C@H]12. The molecule has 0 amide bonds. The number of ketones is 1. The van der Waals surface area contributed by atoms with Crippen LogP contribution in [-0.2, 0) is 19.1 Å². The van der Waals surface area contributed by atoms with E-state index in [1.807, 2.05) is 0 Å². The molecule has 0 saturated heterocycles. The summed E-state index contributed by atoms with van der Waals surface area (Å²) in [5, 5.41) is 9.34. The van der Waals surface area contributed by atoms with Crippen molar-refractivity contribution in [1.82, 2.24) is 0 Å². The van der Waals surface area contributed by atoms with Crippen LogP contribution in [0.25, 0.3) is 0 Å². The molecule has 4 rings (SSSR count). The Balaban J connectivity index is 1.70. The van der Waals surface area contributed by atoms with Crippen molar-refractivity contribution in [3.63, 3.8) is 0 Å². The second-order valence-corrected chi connectivity index (χ2v) is 10.6. The highest BCUT2D eigenvalue weighted by molar-refractivity contribution is 6.01. The molecular formula is C25H34O5. The fraction of sp³-hybridized carbons (Fsp3) is 0.720. The minimum atomic E-state index is -0.724. The van der Waals surface area contributed by atoms with Gasteiger partial charge in [0.2, 0.25) is 0 Å². The lowest BCUT2D eigenvalue weighted by molar-refractivity contribution is -0.164. The molecule has 4 aliphatic carbocycles. The second kappa shape index (κ2) is 7.35. The maximum atomic E-state index is 12.1. The Morgan fingerprint density at radius 2 is 1.97 bits per heavy atom. The van der Waals surface area contributed by atoms with Crippen LogP contribution in [0.2, 0.25) is 0 Å². The molecule has 0 aromatic carbocycles. The lowest BCUT2D eigenvalue weighted by Crippen LogP contribution is -2.55. The topological polar surface area (TPSA) is 80.7 Å². The number of fused-ring (bicyclic) bond motifs is 5. The Hall–Kier alpha value is -1.91. The van der Waals surface area contributed by atoms with Crippen molar-refractivity contribution in [3.8, 4) is 0 Å². The normalized spacial score (nSPS) is 43.1. The van der Waals surface area contributed by atoms with Gasteiger partial charge in [-0.1, -0.05) is 32.4 Å². The Morgan fingerprint density at radius 3 is 2.63 bits per heavy atom. The molecule has 1 N–H and O–H groups in total. The van der Waals surface area contributed by atoms with E-state index in [-0.39, 0.29) is 46.9 Å². The molecule has 164 valence electrons. The third-order valence-electron chi connectivity index (χ3n) is 9.13. The van der Waals surface area contributed by atoms with Gasteiger partial charge in [0.1, 0.15) is 6.10 Å². The third kappa shape index (κ3) is 3.25. The zero-order valence-corrected chi connectivity index (χ0v) is 18.5. The zero-order valence-electron chi connectivity index (χ0n) is 18.5. The van der Waals surface area contributed by atoms with Gasteiger partial charge < -0.3 is 9.84 Å². The standard InChI is InChI=1S/C25H34O5/c1-14(11-22(28)29)18-5-6-19-23-20(8-10-25(18,19)4)24(3)9-7-17(27)12-16(24)13-21(23)30-15(2)26/h7,9,12,14,18-21,23H,5-6,8,10-11,13H2,1-4H3,(H,28,29)/t14-,18-,19+,20+,21-,23+,24+,25-/m1/s1. The predicted molar refractivity (Wildman–Crippen MR) is 112 cm³/mol. The molecule has 0 heterocycles. The molecule has 5 heteroatoms. The molecule has 0 radical (unpaired) electrons. The van der Waals surface area contributed by atoms with Crippen molar-refractivity contribution >= 4 is 17.7 Å². The van der Waals surface area contributed by atoms with Crippen molar-refractivity contribution in [2.75, 3.05) is 0 Å². The van der Waals surface area contributed by atoms with Gasteiger partial charge in [-0.05, 0) is 66.9 Å². The van der Waals surface area contributed by atoms with Crippen LogP contribution in [0.1, 0.15) is 66.2 Å². The van der Waals surface area contributed by atoms with E-state index >= 15 is 0 Å². The summed E-state index contributed by atoms with van der Waals surface area (Å²) in [6.07, 6.45) is 10.3. The number of ether oxygens (including phenoxy) is 1. The molecule has 3 fully saturated rings. The molecule has 0 aliphatic heterocycles. The van der Waals surface area contributed by atoms with Gasteiger partial charge in [0.05, 0.1) is 0 Å². The first-order valence-electron chi connectivity index (χ1n) is 11.4. The van der Waals surface area contributed by atoms with E-state index in [1.54, 1.807) is 12.2 Å². The summed E-state index contributed by atoms with van der Waals surface area (Å²) < 4.78 is 5.89. The monoisotopic (exact) mass is 414 g/mol. The summed E-state index contributed by atoms with van der Waals surface area (Å²) in [5.74, 6) is 0.541. The number of carboxylic acid groups (broad SMARTS) is 1. The number of esters is 1. The van der Waals surface area contributed by atoms with Crippen LogP contribution < -0.4 is 0 Å². The van der Waals surface area contributed by atoms with Gasteiger partial charge in [-0.25, -0.2) is 0 Å². The zero-order chi connectivity index (χ0) is 21.8. The van der Waals surface area contributed by atoms with Gasteiger partial charge in [0.15, 0.2) is 5.78 Å². The first kappa shape index (κ1) is 21.3. The maximum absolute atomic E-state index is 12.1. The van der Waals surface area contributed by atoms with Crippen LogP contribution in [0.15, 0.2) is 23.8 Å². The number of carbonyl (C=O) groups excluding carboxylic acids is 2. The van der Waals surface area contributed by atoms with Crippen LogP contribution in [0.4, 0.5) is 0 Å². The minimum Gasteiger partial charge on any atom is -0.481 e. The highest BCUT2D eigenvalue weighted by Gasteiger charge is 2.62. The molecule has 0 spiro atoms. The van der Waals surface area contributed by atoms with Gasteiger partial charge in [0, 0.05) is 31.1 Å². The van der Waals surface area contributed by atoms with Gasteiger partial charge in [-0.2, -0.15) is 0 Å². The van der Waals surface area contributed by atoms with Crippen LogP contribution in [-0.4, -0.2) is 28.9 Å². The van der Waals surface area contributed by atoms with Crippen LogP contribution >= 0.6 is 0 Å². The third-order valence-corrected chi connectivity index (χ3v) is 9.13. The van der Waals surface area contributed by atoms with Gasteiger partial charge in [-0.3, -0.25) is 14.4 Å². The largest absolute Gasteiger partial charge is 0.481 e. The highest BCUT2D eigenvalue weighted by atomic mass is 16.5. The molecule has 0 bridgehead atoms. The first-order valence-corrected chi connectivity index (χ1v) is 11.4. The summed E-state index contributed by atoms with van der Waals surface area (Å²) in [7, 11) is 0. The number of allylic oxidation sites excluding steroid dienone is 3. The summed E-state index contributed by atoms with van der Waals surface area (Å²) in [6.45, 7) is 8.15. The molecule has 0 aromatic heterocycles. The minimum absolute atomic E-state index is 0.0200. The molecule has 5 nitrogen and oxygen atoms in total. The number of hydrogen-bond acceptors (Lipinski definition) is 4. The van der Waals surface area contributed by atoms with Crippen molar-refractivity contribution in [2.45, 2.75) is 72.3 Å². The predicted octanol–water partition coefficient (Wildman–Crippen LogP) is 4.56. The van der Waals surface area contributed by atoms with E-state index in [0.29, 0.717) is 24.2 Å². The van der Waals surface area contributed by atoms with E-state index < -0.39 is 5.97 Å². The van der Waals surface area contributed by atoms with Gasteiger partial charge in [0.25, 0.3) is 0 Å². The Morgan fingerprint density at radius 1 is 1.23 bits per heavy atom. The summed E-state index contributed by atoms with van der Waals surface area (Å²) in [4.78, 5) is 35.4. The van der Waals surface area contributed by atoms with E-state index in [4.69, 9.17) is 4.74 Å². The molecule has 3 saturated carbocycles. The number of carboxylic acids is 1. The summed E-state index contributed by atoms with van der Waals surface area (Å²) in [5.41, 5.74) is 1.00. The molecule has 30 heavy (non-hydrogen) atoms. The van der Waals surface area contributed by atoms with Crippen molar-refractivity contribution in [1.29, 1.82) is 0 Å². The molecule has 8 atom stereocenters. The number of aliphatic carboxylic acids is 1. The lowest BCUT2D eigenvalue weighted by Gasteiger charge is -2.59. The smallest absolute Gasteiger partial charge is 0.303 e. The van der Waals surface area contributed by atoms with Gasteiger partial charge >= 0.3 is 11.9 Å².